The summed E-state index contributed by atoms with van der Waals surface area (Å²) in [5, 5.41) is 16.7. The molecule has 212 valence electrons. The Labute approximate surface area is 251 Å². The number of rotatable bonds is 11. The predicted molar refractivity (Wildman–Crippen MR) is 172 cm³/mol. The van der Waals surface area contributed by atoms with Crippen LogP contribution >= 0.6 is 24.4 Å². The fourth-order valence-electron chi connectivity index (χ4n) is 4.30. The molecule has 1 aliphatic rings. The molecule has 4 rings (SSSR count). The lowest BCUT2D eigenvalue weighted by Gasteiger charge is -2.23. The Morgan fingerprint density at radius 3 is 2.61 bits per heavy atom. The first-order valence-electron chi connectivity index (χ1n) is 13.3. The molecule has 41 heavy (non-hydrogen) atoms. The van der Waals surface area contributed by atoms with Crippen molar-refractivity contribution in [1.29, 1.82) is 5.26 Å². The monoisotopic (exact) mass is 586 g/mol. The standard InChI is InChI=1S/C31H34N6O2S2/c1-5-33-25-13-11-23(19-32)17-26(25)35-31-37(20-22-9-7-6-8-10-22)30(38)29(41-31)21(2)36(3)27-14-12-24(18-28(27)40)34-15-16-39-4/h6-14,17-18,33-34,40H,5,15-16,20H2,1-4H3/b29-21+,35-31?. The van der Waals surface area contributed by atoms with E-state index in [1.807, 2.05) is 80.4 Å². The topological polar surface area (TPSA) is 93.0 Å². The van der Waals surface area contributed by atoms with Crippen molar-refractivity contribution in [1.82, 2.24) is 4.90 Å². The minimum atomic E-state index is -0.123. The van der Waals surface area contributed by atoms with E-state index in [4.69, 9.17) is 22.4 Å². The zero-order valence-corrected chi connectivity index (χ0v) is 25.4. The maximum absolute atomic E-state index is 13.9. The fourth-order valence-corrected chi connectivity index (χ4v) is 5.73. The van der Waals surface area contributed by atoms with Gasteiger partial charge in [0.25, 0.3) is 5.91 Å². The van der Waals surface area contributed by atoms with Gasteiger partial charge in [-0.1, -0.05) is 30.3 Å². The van der Waals surface area contributed by atoms with Crippen molar-refractivity contribution in [2.45, 2.75) is 25.3 Å². The third-order valence-corrected chi connectivity index (χ3v) is 8.09. The van der Waals surface area contributed by atoms with Gasteiger partial charge in [-0.25, -0.2) is 4.99 Å². The molecule has 0 spiro atoms. The van der Waals surface area contributed by atoms with Gasteiger partial charge in [0.2, 0.25) is 0 Å². The highest BCUT2D eigenvalue weighted by Gasteiger charge is 2.36. The van der Waals surface area contributed by atoms with Gasteiger partial charge in [0, 0.05) is 43.5 Å². The highest BCUT2D eigenvalue weighted by atomic mass is 32.2. The molecule has 2 N–H and O–H groups in total. The average Bonchev–Trinajstić information content (AvgIpc) is 3.28. The van der Waals surface area contributed by atoms with Gasteiger partial charge in [0.05, 0.1) is 46.8 Å². The van der Waals surface area contributed by atoms with E-state index in [2.05, 4.69) is 16.7 Å². The van der Waals surface area contributed by atoms with Crippen molar-refractivity contribution in [2.75, 3.05) is 49.4 Å². The second-order valence-corrected chi connectivity index (χ2v) is 10.8. The van der Waals surface area contributed by atoms with Crippen LogP contribution in [0.4, 0.5) is 22.7 Å². The Kier molecular flexibility index (Phi) is 10.4. The molecule has 1 amide bonds. The second-order valence-electron chi connectivity index (χ2n) is 9.34. The minimum Gasteiger partial charge on any atom is -0.384 e. The summed E-state index contributed by atoms with van der Waals surface area (Å²) in [5.41, 5.74) is 5.52. The number of anilines is 3. The maximum atomic E-state index is 13.9. The van der Waals surface area contributed by atoms with Crippen molar-refractivity contribution in [2.24, 2.45) is 4.99 Å². The molecule has 3 aromatic rings. The highest BCUT2D eigenvalue weighted by molar-refractivity contribution is 8.18. The number of benzene rings is 3. The summed E-state index contributed by atoms with van der Waals surface area (Å²) in [6.45, 7) is 6.31. The number of thiol groups is 1. The Bertz CT molecular complexity index is 1500. The number of nitriles is 1. The molecule has 0 bridgehead atoms. The molecule has 1 fully saturated rings. The molecule has 0 unspecified atom stereocenters. The van der Waals surface area contributed by atoms with Crippen molar-refractivity contribution >= 4 is 58.2 Å². The molecule has 0 saturated carbocycles. The summed E-state index contributed by atoms with van der Waals surface area (Å²) < 4.78 is 5.12. The van der Waals surface area contributed by atoms with Crippen LogP contribution in [0.15, 0.2) is 87.2 Å². The molecule has 0 atom stereocenters. The van der Waals surface area contributed by atoms with Crippen molar-refractivity contribution in [3.63, 3.8) is 0 Å². The molecule has 3 aromatic carbocycles. The first-order chi connectivity index (χ1) is 19.9. The van der Waals surface area contributed by atoms with E-state index in [-0.39, 0.29) is 5.91 Å². The predicted octanol–water partition coefficient (Wildman–Crippen LogP) is 6.47. The Balaban J connectivity index is 1.72. The van der Waals surface area contributed by atoms with E-state index in [9.17, 15) is 10.1 Å². The number of hydrogen-bond donors (Lipinski definition) is 3. The number of carbonyl (C=O) groups excluding carboxylic acids is 1. The average molecular weight is 587 g/mol. The van der Waals surface area contributed by atoms with E-state index in [1.165, 1.54) is 11.8 Å². The van der Waals surface area contributed by atoms with Crippen LogP contribution in [0.2, 0.25) is 0 Å². The molecule has 1 aliphatic heterocycles. The molecule has 0 radical (unpaired) electrons. The van der Waals surface area contributed by atoms with Crippen LogP contribution in [0.5, 0.6) is 0 Å². The largest absolute Gasteiger partial charge is 0.384 e. The van der Waals surface area contributed by atoms with E-state index in [1.54, 1.807) is 24.1 Å². The van der Waals surface area contributed by atoms with Gasteiger partial charge in [0.1, 0.15) is 0 Å². The number of nitrogens with zero attached hydrogens (tertiary/aromatic N) is 4. The summed E-state index contributed by atoms with van der Waals surface area (Å²) >= 11 is 6.07. The summed E-state index contributed by atoms with van der Waals surface area (Å²) in [7, 11) is 3.60. The Morgan fingerprint density at radius 1 is 1.15 bits per heavy atom. The van der Waals surface area contributed by atoms with Crippen LogP contribution < -0.4 is 15.5 Å². The molecule has 10 heteroatoms. The molecule has 8 nitrogen and oxygen atoms in total. The number of thioether (sulfide) groups is 1. The van der Waals surface area contributed by atoms with Gasteiger partial charge in [-0.3, -0.25) is 9.69 Å². The van der Waals surface area contributed by atoms with Crippen LogP contribution in [0.25, 0.3) is 0 Å². The van der Waals surface area contributed by atoms with E-state index >= 15 is 0 Å². The van der Waals surface area contributed by atoms with E-state index in [0.717, 1.165) is 33.2 Å². The minimum absolute atomic E-state index is 0.123. The van der Waals surface area contributed by atoms with Gasteiger partial charge in [-0.2, -0.15) is 5.26 Å². The first-order valence-corrected chi connectivity index (χ1v) is 14.5. The smallest absolute Gasteiger partial charge is 0.268 e. The van der Waals surface area contributed by atoms with Crippen molar-refractivity contribution in [3.8, 4) is 6.07 Å². The van der Waals surface area contributed by atoms with Gasteiger partial charge < -0.3 is 20.3 Å². The van der Waals surface area contributed by atoms with Gasteiger partial charge >= 0.3 is 0 Å². The lowest BCUT2D eigenvalue weighted by molar-refractivity contribution is -0.122. The number of nitrogens with one attached hydrogen (secondary N) is 2. The third kappa shape index (κ3) is 7.24. The number of aliphatic imine (C=N–C) groups is 1. The van der Waals surface area contributed by atoms with Crippen molar-refractivity contribution < 1.29 is 9.53 Å². The van der Waals surface area contributed by atoms with Crippen LogP contribution in [0.3, 0.4) is 0 Å². The van der Waals surface area contributed by atoms with Crippen molar-refractivity contribution in [3.05, 3.63) is 88.5 Å². The van der Waals surface area contributed by atoms with Gasteiger partial charge in [-0.15, -0.1) is 12.6 Å². The number of methoxy groups -OCH3 is 1. The number of allylic oxidation sites excluding steroid dienone is 1. The Morgan fingerprint density at radius 2 is 1.93 bits per heavy atom. The summed E-state index contributed by atoms with van der Waals surface area (Å²) in [4.78, 5) is 23.9. The number of hydrogen-bond acceptors (Lipinski definition) is 9. The fraction of sp³-hybridized carbons (Fsp3) is 0.258. The molecule has 1 heterocycles. The summed E-state index contributed by atoms with van der Waals surface area (Å²) in [6.07, 6.45) is 0. The van der Waals surface area contributed by atoms with Gasteiger partial charge in [-0.05, 0) is 67.6 Å². The summed E-state index contributed by atoms with van der Waals surface area (Å²) in [5.74, 6) is -0.123. The SMILES string of the molecule is CCNc1ccc(C#N)cc1N=C1S/C(=C(\C)N(C)c2ccc(NCCOC)cc2S)C(=O)N1Cc1ccccc1. The number of amides is 1. The number of ether oxygens (including phenoxy) is 1. The molecule has 0 aromatic heterocycles. The normalized spacial score (nSPS) is 15.2. The quantitative estimate of drug-likeness (QED) is 0.135. The first kappa shape index (κ1) is 30.1. The molecule has 0 aliphatic carbocycles. The van der Waals surface area contributed by atoms with Crippen LogP contribution in [-0.4, -0.2) is 49.8 Å². The van der Waals surface area contributed by atoms with E-state index < -0.39 is 0 Å². The maximum Gasteiger partial charge on any atom is 0.268 e. The van der Waals surface area contributed by atoms with Gasteiger partial charge in [0.15, 0.2) is 5.17 Å². The van der Waals surface area contributed by atoms with Crippen LogP contribution in [0, 0.1) is 11.3 Å². The molecule has 1 saturated heterocycles. The Hall–Kier alpha value is -3.91. The zero-order chi connectivity index (χ0) is 29.4. The molecular weight excluding hydrogens is 553 g/mol. The number of amidine groups is 1. The van der Waals surface area contributed by atoms with E-state index in [0.29, 0.717) is 47.6 Å². The molecular formula is C31H34N6O2S2. The lowest BCUT2D eigenvalue weighted by Crippen LogP contribution is -2.29. The van der Waals surface area contributed by atoms with Crippen LogP contribution in [-0.2, 0) is 16.1 Å². The third-order valence-electron chi connectivity index (χ3n) is 6.56. The zero-order valence-electron chi connectivity index (χ0n) is 23.6. The lowest BCUT2D eigenvalue weighted by atomic mass is 10.2. The number of carbonyl (C=O) groups is 1. The van der Waals surface area contributed by atoms with Crippen LogP contribution in [0.1, 0.15) is 25.0 Å². The highest BCUT2D eigenvalue weighted by Crippen LogP contribution is 2.39. The second kappa shape index (κ2) is 14.1. The summed E-state index contributed by atoms with van der Waals surface area (Å²) in [6, 6.07) is 23.3.